The first-order valence-electron chi connectivity index (χ1n) is 7.91. The van der Waals surface area contributed by atoms with Gasteiger partial charge in [0, 0.05) is 12.0 Å². The smallest absolute Gasteiger partial charge is 0.163 e. The molecule has 0 spiro atoms. The maximum absolute atomic E-state index is 12.5. The Balaban J connectivity index is 2.04. The van der Waals surface area contributed by atoms with E-state index in [4.69, 9.17) is 9.47 Å². The van der Waals surface area contributed by atoms with Crippen molar-refractivity contribution < 1.29 is 14.3 Å². The van der Waals surface area contributed by atoms with Crippen molar-refractivity contribution in [1.82, 2.24) is 0 Å². The molecule has 3 nitrogen and oxygen atoms in total. The minimum Gasteiger partial charge on any atom is -0.493 e. The number of carbonyl (C=O) groups excluding carboxylic acids is 1. The SMILES string of the molecule is COc1cc(C)c(C(=O)CCC2CCCCC2)cc1OC. The van der Waals surface area contributed by atoms with Crippen molar-refractivity contribution in [2.24, 2.45) is 5.92 Å². The van der Waals surface area contributed by atoms with E-state index in [-0.39, 0.29) is 5.78 Å². The molecule has 1 aromatic rings. The zero-order chi connectivity index (χ0) is 15.2. The molecule has 0 radical (unpaired) electrons. The molecule has 1 aromatic carbocycles. The Bertz CT molecular complexity index is 487. The van der Waals surface area contributed by atoms with Crippen LogP contribution in [0.2, 0.25) is 0 Å². The van der Waals surface area contributed by atoms with E-state index in [9.17, 15) is 4.79 Å². The molecule has 0 unspecified atom stereocenters. The van der Waals surface area contributed by atoms with Crippen LogP contribution in [-0.4, -0.2) is 20.0 Å². The summed E-state index contributed by atoms with van der Waals surface area (Å²) in [4.78, 5) is 12.5. The highest BCUT2D eigenvalue weighted by molar-refractivity contribution is 5.98. The summed E-state index contributed by atoms with van der Waals surface area (Å²) in [5.41, 5.74) is 1.73. The van der Waals surface area contributed by atoms with Crippen LogP contribution < -0.4 is 9.47 Å². The van der Waals surface area contributed by atoms with E-state index < -0.39 is 0 Å². The van der Waals surface area contributed by atoms with E-state index in [2.05, 4.69) is 0 Å². The predicted molar refractivity (Wildman–Crippen MR) is 84.4 cm³/mol. The van der Waals surface area contributed by atoms with Crippen molar-refractivity contribution in [3.63, 3.8) is 0 Å². The van der Waals surface area contributed by atoms with Gasteiger partial charge in [0.25, 0.3) is 0 Å². The van der Waals surface area contributed by atoms with Gasteiger partial charge in [-0.25, -0.2) is 0 Å². The fraction of sp³-hybridized carbons (Fsp3) is 0.611. The van der Waals surface area contributed by atoms with Gasteiger partial charge in [0.15, 0.2) is 17.3 Å². The maximum Gasteiger partial charge on any atom is 0.163 e. The number of hydrogen-bond acceptors (Lipinski definition) is 3. The molecule has 0 aromatic heterocycles. The molecule has 116 valence electrons. The number of carbonyl (C=O) groups is 1. The van der Waals surface area contributed by atoms with Crippen LogP contribution in [0.15, 0.2) is 12.1 Å². The summed E-state index contributed by atoms with van der Waals surface area (Å²) in [6.07, 6.45) is 8.26. The number of ether oxygens (including phenoxy) is 2. The van der Waals surface area contributed by atoms with Crippen molar-refractivity contribution in [3.8, 4) is 11.5 Å². The third-order valence-corrected chi connectivity index (χ3v) is 4.54. The summed E-state index contributed by atoms with van der Waals surface area (Å²) >= 11 is 0. The Hall–Kier alpha value is -1.51. The minimum absolute atomic E-state index is 0.221. The summed E-state index contributed by atoms with van der Waals surface area (Å²) in [5, 5.41) is 0. The van der Waals surface area contributed by atoms with Crippen LogP contribution in [0.1, 0.15) is 60.9 Å². The second-order valence-corrected chi connectivity index (χ2v) is 5.99. The fourth-order valence-electron chi connectivity index (χ4n) is 3.23. The van der Waals surface area contributed by atoms with Crippen molar-refractivity contribution in [1.29, 1.82) is 0 Å². The number of hydrogen-bond donors (Lipinski definition) is 0. The summed E-state index contributed by atoms with van der Waals surface area (Å²) in [7, 11) is 3.21. The average molecular weight is 290 g/mol. The average Bonchev–Trinajstić information content (AvgIpc) is 2.53. The minimum atomic E-state index is 0.221. The van der Waals surface area contributed by atoms with Gasteiger partial charge >= 0.3 is 0 Å². The van der Waals surface area contributed by atoms with Crippen LogP contribution in [0.4, 0.5) is 0 Å². The van der Waals surface area contributed by atoms with Crippen LogP contribution in [0.5, 0.6) is 11.5 Å². The number of methoxy groups -OCH3 is 2. The topological polar surface area (TPSA) is 35.5 Å². The fourth-order valence-corrected chi connectivity index (χ4v) is 3.23. The van der Waals surface area contributed by atoms with Gasteiger partial charge in [-0.15, -0.1) is 0 Å². The Labute approximate surface area is 127 Å². The second-order valence-electron chi connectivity index (χ2n) is 5.99. The second kappa shape index (κ2) is 7.48. The molecule has 2 rings (SSSR count). The van der Waals surface area contributed by atoms with Gasteiger partial charge in [-0.2, -0.15) is 0 Å². The van der Waals surface area contributed by atoms with Crippen LogP contribution in [-0.2, 0) is 0 Å². The molecule has 21 heavy (non-hydrogen) atoms. The van der Waals surface area contributed by atoms with Crippen molar-refractivity contribution in [3.05, 3.63) is 23.3 Å². The first-order valence-corrected chi connectivity index (χ1v) is 7.91. The van der Waals surface area contributed by atoms with Gasteiger partial charge in [-0.3, -0.25) is 4.79 Å². The molecule has 1 saturated carbocycles. The monoisotopic (exact) mass is 290 g/mol. The highest BCUT2D eigenvalue weighted by Crippen LogP contribution is 2.32. The number of aryl methyl sites for hydroxylation is 1. The molecule has 1 fully saturated rings. The normalized spacial score (nSPS) is 15.8. The summed E-state index contributed by atoms with van der Waals surface area (Å²) in [6.45, 7) is 1.95. The zero-order valence-electron chi connectivity index (χ0n) is 13.4. The lowest BCUT2D eigenvalue weighted by atomic mass is 9.85. The molecule has 0 atom stereocenters. The van der Waals surface area contributed by atoms with Crippen molar-refractivity contribution >= 4 is 5.78 Å². The molecule has 1 aliphatic carbocycles. The Kier molecular flexibility index (Phi) is 5.66. The molecular weight excluding hydrogens is 264 g/mol. The number of rotatable bonds is 6. The van der Waals surface area contributed by atoms with Crippen molar-refractivity contribution in [2.45, 2.75) is 51.9 Å². The van der Waals surface area contributed by atoms with Crippen LogP contribution in [0.3, 0.4) is 0 Å². The Morgan fingerprint density at radius 3 is 2.33 bits per heavy atom. The lowest BCUT2D eigenvalue weighted by molar-refractivity contribution is 0.0969. The molecule has 0 heterocycles. The highest BCUT2D eigenvalue weighted by atomic mass is 16.5. The largest absolute Gasteiger partial charge is 0.493 e. The van der Waals surface area contributed by atoms with Gasteiger partial charge in [0.1, 0.15) is 0 Å². The van der Waals surface area contributed by atoms with E-state index in [1.165, 1.54) is 32.1 Å². The Morgan fingerprint density at radius 2 is 1.71 bits per heavy atom. The molecule has 0 bridgehead atoms. The molecule has 3 heteroatoms. The highest BCUT2D eigenvalue weighted by Gasteiger charge is 2.18. The Morgan fingerprint density at radius 1 is 1.10 bits per heavy atom. The summed E-state index contributed by atoms with van der Waals surface area (Å²) < 4.78 is 10.6. The van der Waals surface area contributed by atoms with Crippen LogP contribution in [0, 0.1) is 12.8 Å². The molecule has 0 saturated heterocycles. The van der Waals surface area contributed by atoms with Crippen LogP contribution in [0.25, 0.3) is 0 Å². The maximum atomic E-state index is 12.5. The number of benzene rings is 1. The van der Waals surface area contributed by atoms with E-state index >= 15 is 0 Å². The molecule has 0 amide bonds. The first kappa shape index (κ1) is 15.9. The first-order chi connectivity index (χ1) is 10.2. The lowest BCUT2D eigenvalue weighted by Crippen LogP contribution is -2.10. The van der Waals surface area contributed by atoms with Gasteiger partial charge in [0.05, 0.1) is 14.2 Å². The molecule has 0 N–H and O–H groups in total. The van der Waals surface area contributed by atoms with Gasteiger partial charge in [-0.05, 0) is 37.0 Å². The third kappa shape index (κ3) is 3.99. The zero-order valence-corrected chi connectivity index (χ0v) is 13.4. The van der Waals surface area contributed by atoms with Crippen LogP contribution >= 0.6 is 0 Å². The quantitative estimate of drug-likeness (QED) is 0.721. The molecular formula is C18H26O3. The number of Topliss-reactive ketones (excluding diaryl/α,β-unsaturated/α-hetero) is 1. The van der Waals surface area contributed by atoms with Gasteiger partial charge in [-0.1, -0.05) is 32.1 Å². The third-order valence-electron chi connectivity index (χ3n) is 4.54. The van der Waals surface area contributed by atoms with E-state index in [0.29, 0.717) is 17.9 Å². The van der Waals surface area contributed by atoms with E-state index in [1.807, 2.05) is 19.1 Å². The van der Waals surface area contributed by atoms with Crippen molar-refractivity contribution in [2.75, 3.05) is 14.2 Å². The van der Waals surface area contributed by atoms with Gasteiger partial charge in [0.2, 0.25) is 0 Å². The lowest BCUT2D eigenvalue weighted by Gasteiger charge is -2.21. The van der Waals surface area contributed by atoms with E-state index in [0.717, 1.165) is 23.5 Å². The molecule has 1 aliphatic rings. The standard InChI is InChI=1S/C18H26O3/c1-13-11-17(20-2)18(21-3)12-15(13)16(19)10-9-14-7-5-4-6-8-14/h11-12,14H,4-10H2,1-3H3. The predicted octanol–water partition coefficient (Wildman–Crippen LogP) is 4.56. The summed E-state index contributed by atoms with van der Waals surface area (Å²) in [6, 6.07) is 3.70. The van der Waals surface area contributed by atoms with Gasteiger partial charge < -0.3 is 9.47 Å². The number of ketones is 1. The molecule has 0 aliphatic heterocycles. The van der Waals surface area contributed by atoms with E-state index in [1.54, 1.807) is 14.2 Å². The summed E-state index contributed by atoms with van der Waals surface area (Å²) in [5.74, 6) is 2.27.